The number of hydrogen-bond donors (Lipinski definition) is 2. The van der Waals surface area contributed by atoms with Gasteiger partial charge in [-0.05, 0) is 30.3 Å². The summed E-state index contributed by atoms with van der Waals surface area (Å²) in [6, 6.07) is 13.1. The van der Waals surface area contributed by atoms with Crippen LogP contribution in [0.1, 0.15) is 16.8 Å². The van der Waals surface area contributed by atoms with E-state index in [2.05, 4.69) is 9.88 Å². The van der Waals surface area contributed by atoms with Crippen LogP contribution in [0.2, 0.25) is 0 Å². The number of aromatic nitrogens is 2. The molecule has 0 spiro atoms. The number of nitrogens with two attached hydrogens (primary N) is 1. The van der Waals surface area contributed by atoms with Gasteiger partial charge in [-0.25, -0.2) is 4.98 Å². The van der Waals surface area contributed by atoms with Crippen LogP contribution in [0.4, 0.5) is 5.69 Å². The molecule has 2 aromatic carbocycles. The average molecular weight is 392 g/mol. The zero-order chi connectivity index (χ0) is 20.4. The standard InChI is InChI=1S/C22H24N4O3/c1-28-17-8-5-15(20(11-17)29-2)12-26-10-9-19-18(13-26)22(27)25-21(24-19)14-3-6-16(23)7-4-14/h3-8,11H,9-10,12-13,23H2,1-2H3,(H,24,25,27). The first kappa shape index (κ1) is 19.0. The smallest absolute Gasteiger partial charge is 0.255 e. The second kappa shape index (κ2) is 7.97. The van der Waals surface area contributed by atoms with Crippen LogP contribution in [0, 0.1) is 0 Å². The van der Waals surface area contributed by atoms with E-state index in [4.69, 9.17) is 20.2 Å². The third-order valence-corrected chi connectivity index (χ3v) is 5.22. The summed E-state index contributed by atoms with van der Waals surface area (Å²) in [5.41, 5.74) is 9.83. The van der Waals surface area contributed by atoms with Crippen molar-refractivity contribution in [2.24, 2.45) is 0 Å². The molecule has 150 valence electrons. The van der Waals surface area contributed by atoms with Crippen molar-refractivity contribution in [3.63, 3.8) is 0 Å². The van der Waals surface area contributed by atoms with Crippen molar-refractivity contribution in [2.45, 2.75) is 19.5 Å². The van der Waals surface area contributed by atoms with Crippen molar-refractivity contribution < 1.29 is 9.47 Å². The Bertz CT molecular complexity index is 1080. The molecule has 0 fully saturated rings. The van der Waals surface area contributed by atoms with Crippen molar-refractivity contribution in [3.05, 3.63) is 69.6 Å². The Labute approximate surface area is 169 Å². The molecule has 7 nitrogen and oxygen atoms in total. The number of benzene rings is 2. The minimum Gasteiger partial charge on any atom is -0.497 e. The van der Waals surface area contributed by atoms with Gasteiger partial charge >= 0.3 is 0 Å². The van der Waals surface area contributed by atoms with Crippen LogP contribution in [0.3, 0.4) is 0 Å². The lowest BCUT2D eigenvalue weighted by atomic mass is 10.0. The van der Waals surface area contributed by atoms with Crippen LogP contribution >= 0.6 is 0 Å². The molecule has 0 radical (unpaired) electrons. The fourth-order valence-electron chi connectivity index (χ4n) is 3.62. The van der Waals surface area contributed by atoms with Gasteiger partial charge in [0.05, 0.1) is 25.5 Å². The van der Waals surface area contributed by atoms with Crippen LogP contribution in [-0.4, -0.2) is 35.6 Å². The molecule has 0 saturated heterocycles. The summed E-state index contributed by atoms with van der Waals surface area (Å²) in [7, 11) is 3.28. The molecule has 0 bridgehead atoms. The maximum absolute atomic E-state index is 12.7. The summed E-state index contributed by atoms with van der Waals surface area (Å²) in [6.45, 7) is 2.06. The van der Waals surface area contributed by atoms with Gasteiger partial charge in [-0.2, -0.15) is 0 Å². The van der Waals surface area contributed by atoms with Crippen LogP contribution in [-0.2, 0) is 19.5 Å². The average Bonchev–Trinajstić information content (AvgIpc) is 2.75. The number of fused-ring (bicyclic) bond motifs is 1. The Hall–Kier alpha value is -3.32. The van der Waals surface area contributed by atoms with Crippen molar-refractivity contribution in [1.29, 1.82) is 0 Å². The van der Waals surface area contributed by atoms with Crippen molar-refractivity contribution in [1.82, 2.24) is 14.9 Å². The number of anilines is 1. The first-order valence-electron chi connectivity index (χ1n) is 9.48. The molecule has 3 aromatic rings. The van der Waals surface area contributed by atoms with Crippen molar-refractivity contribution in [2.75, 3.05) is 26.5 Å². The predicted octanol–water partition coefficient (Wildman–Crippen LogP) is 2.59. The highest BCUT2D eigenvalue weighted by atomic mass is 16.5. The second-order valence-electron chi connectivity index (χ2n) is 7.10. The molecule has 1 aliphatic rings. The molecule has 0 amide bonds. The maximum atomic E-state index is 12.7. The molecule has 7 heteroatoms. The van der Waals surface area contributed by atoms with E-state index in [-0.39, 0.29) is 5.56 Å². The van der Waals surface area contributed by atoms with E-state index >= 15 is 0 Å². The summed E-state index contributed by atoms with van der Waals surface area (Å²) in [5, 5.41) is 0. The van der Waals surface area contributed by atoms with Gasteiger partial charge in [-0.15, -0.1) is 0 Å². The summed E-state index contributed by atoms with van der Waals surface area (Å²) < 4.78 is 10.8. The summed E-state index contributed by atoms with van der Waals surface area (Å²) in [4.78, 5) is 22.6. The number of nitrogens with one attached hydrogen (secondary N) is 1. The summed E-state index contributed by atoms with van der Waals surface area (Å²) in [5.74, 6) is 2.12. The zero-order valence-electron chi connectivity index (χ0n) is 16.6. The largest absolute Gasteiger partial charge is 0.497 e. The third kappa shape index (κ3) is 3.95. The Morgan fingerprint density at radius 1 is 1.14 bits per heavy atom. The highest BCUT2D eigenvalue weighted by Crippen LogP contribution is 2.27. The number of rotatable bonds is 5. The molecule has 29 heavy (non-hydrogen) atoms. The van der Waals surface area contributed by atoms with Gasteiger partial charge < -0.3 is 20.2 Å². The number of hydrogen-bond acceptors (Lipinski definition) is 6. The quantitative estimate of drug-likeness (QED) is 0.649. The number of nitrogen functional groups attached to an aromatic ring is 1. The number of aromatic amines is 1. The second-order valence-corrected chi connectivity index (χ2v) is 7.10. The first-order valence-corrected chi connectivity index (χ1v) is 9.48. The van der Waals surface area contributed by atoms with E-state index in [1.165, 1.54) is 0 Å². The molecule has 0 atom stereocenters. The van der Waals surface area contributed by atoms with Gasteiger partial charge in [-0.3, -0.25) is 9.69 Å². The summed E-state index contributed by atoms with van der Waals surface area (Å²) >= 11 is 0. The summed E-state index contributed by atoms with van der Waals surface area (Å²) in [6.07, 6.45) is 0.722. The highest BCUT2D eigenvalue weighted by Gasteiger charge is 2.22. The molecular formula is C22H24N4O3. The van der Waals surface area contributed by atoms with Gasteiger partial charge in [0, 0.05) is 48.9 Å². The van der Waals surface area contributed by atoms with E-state index < -0.39 is 0 Å². The number of ether oxygens (including phenoxy) is 2. The molecule has 3 N–H and O–H groups in total. The van der Waals surface area contributed by atoms with Crippen molar-refractivity contribution >= 4 is 5.69 Å². The SMILES string of the molecule is COc1ccc(CN2CCc3nc(-c4ccc(N)cc4)[nH]c(=O)c3C2)c(OC)c1. The maximum Gasteiger partial charge on any atom is 0.255 e. The van der Waals surface area contributed by atoms with Crippen molar-refractivity contribution in [3.8, 4) is 22.9 Å². The molecule has 1 aromatic heterocycles. The molecule has 0 unspecified atom stereocenters. The van der Waals surface area contributed by atoms with E-state index in [9.17, 15) is 4.79 Å². The van der Waals surface area contributed by atoms with Crippen LogP contribution in [0.25, 0.3) is 11.4 Å². The number of H-pyrrole nitrogens is 1. The predicted molar refractivity (Wildman–Crippen MR) is 112 cm³/mol. The van der Waals surface area contributed by atoms with Gasteiger partial charge in [-0.1, -0.05) is 6.07 Å². The molecule has 1 aliphatic heterocycles. The normalized spacial score (nSPS) is 13.7. The number of nitrogens with zero attached hydrogens (tertiary/aromatic N) is 2. The first-order chi connectivity index (χ1) is 14.1. The minimum atomic E-state index is -0.0896. The molecule has 0 saturated carbocycles. The fraction of sp³-hybridized carbons (Fsp3) is 0.273. The van der Waals surface area contributed by atoms with Crippen LogP contribution < -0.4 is 20.8 Å². The Morgan fingerprint density at radius 2 is 1.93 bits per heavy atom. The lowest BCUT2D eigenvalue weighted by Gasteiger charge is -2.28. The van der Waals surface area contributed by atoms with Crippen LogP contribution in [0.15, 0.2) is 47.3 Å². The van der Waals surface area contributed by atoms with E-state index in [1.807, 2.05) is 30.3 Å². The lowest BCUT2D eigenvalue weighted by Crippen LogP contribution is -2.35. The minimum absolute atomic E-state index is 0.0896. The fourth-order valence-corrected chi connectivity index (χ4v) is 3.62. The van der Waals surface area contributed by atoms with E-state index in [0.29, 0.717) is 24.6 Å². The Balaban J connectivity index is 1.56. The topological polar surface area (TPSA) is 93.5 Å². The van der Waals surface area contributed by atoms with Crippen LogP contribution in [0.5, 0.6) is 11.5 Å². The Morgan fingerprint density at radius 3 is 2.66 bits per heavy atom. The highest BCUT2D eigenvalue weighted by molar-refractivity contribution is 5.58. The molecular weight excluding hydrogens is 368 g/mol. The molecule has 2 heterocycles. The third-order valence-electron chi connectivity index (χ3n) is 5.22. The van der Waals surface area contributed by atoms with E-state index in [0.717, 1.165) is 46.8 Å². The lowest BCUT2D eigenvalue weighted by molar-refractivity contribution is 0.238. The van der Waals surface area contributed by atoms with Gasteiger partial charge in [0.1, 0.15) is 17.3 Å². The van der Waals surface area contributed by atoms with Gasteiger partial charge in [0.25, 0.3) is 5.56 Å². The van der Waals surface area contributed by atoms with E-state index in [1.54, 1.807) is 26.4 Å². The van der Waals surface area contributed by atoms with Gasteiger partial charge in [0.15, 0.2) is 0 Å². The zero-order valence-corrected chi connectivity index (χ0v) is 16.6. The Kier molecular flexibility index (Phi) is 5.22. The molecule has 4 rings (SSSR count). The number of methoxy groups -OCH3 is 2. The monoisotopic (exact) mass is 392 g/mol. The molecule has 0 aliphatic carbocycles. The van der Waals surface area contributed by atoms with Gasteiger partial charge in [0.2, 0.25) is 0 Å².